The van der Waals surface area contributed by atoms with Crippen LogP contribution >= 0.6 is 22.6 Å². The van der Waals surface area contributed by atoms with Crippen molar-refractivity contribution in [1.29, 1.82) is 0 Å². The minimum atomic E-state index is -0.351. The van der Waals surface area contributed by atoms with E-state index in [1.54, 1.807) is 6.20 Å². The van der Waals surface area contributed by atoms with Gasteiger partial charge in [0.1, 0.15) is 0 Å². The van der Waals surface area contributed by atoms with Gasteiger partial charge in [-0.2, -0.15) is 0 Å². The van der Waals surface area contributed by atoms with E-state index in [0.717, 1.165) is 0 Å². The van der Waals surface area contributed by atoms with Gasteiger partial charge in [0, 0.05) is 12.2 Å². The number of aromatic nitrogens is 2. The van der Waals surface area contributed by atoms with Crippen molar-refractivity contribution < 1.29 is 0 Å². The summed E-state index contributed by atoms with van der Waals surface area (Å²) in [6, 6.07) is 0.0721. The van der Waals surface area contributed by atoms with Crippen molar-refractivity contribution in [2.45, 2.75) is 19.9 Å². The van der Waals surface area contributed by atoms with Crippen molar-refractivity contribution in [3.8, 4) is 0 Å². The predicted octanol–water partition coefficient (Wildman–Crippen LogP) is 0.722. The molecule has 1 aromatic rings. The molecule has 0 saturated heterocycles. The molecule has 1 heterocycles. The van der Waals surface area contributed by atoms with Gasteiger partial charge in [-0.3, -0.25) is 14.3 Å². The molecule has 0 aliphatic heterocycles. The zero-order valence-corrected chi connectivity index (χ0v) is 8.95. The molecule has 66 valence electrons. The molecule has 0 aliphatic carbocycles. The molecule has 0 unspecified atom stereocenters. The summed E-state index contributed by atoms with van der Waals surface area (Å²) in [4.78, 5) is 24.3. The van der Waals surface area contributed by atoms with E-state index >= 15 is 0 Å². The SMILES string of the molecule is CC(C)n1cc(I)c(=O)[nH]c1=O. The Balaban J connectivity index is 3.44. The molecular formula is C7H9IN2O2. The zero-order valence-electron chi connectivity index (χ0n) is 6.80. The Bertz CT molecular complexity index is 391. The normalized spacial score (nSPS) is 10.7. The molecule has 0 radical (unpaired) electrons. The maximum atomic E-state index is 11.1. The van der Waals surface area contributed by atoms with Gasteiger partial charge in [0.25, 0.3) is 5.56 Å². The molecule has 5 heteroatoms. The van der Waals surface area contributed by atoms with Crippen LogP contribution in [0, 0.1) is 3.57 Å². The first-order valence-corrected chi connectivity index (χ1v) is 4.61. The molecule has 12 heavy (non-hydrogen) atoms. The first-order chi connectivity index (χ1) is 5.52. The highest BCUT2D eigenvalue weighted by atomic mass is 127. The molecule has 0 amide bonds. The average molecular weight is 280 g/mol. The van der Waals surface area contributed by atoms with E-state index in [2.05, 4.69) is 4.98 Å². The second kappa shape index (κ2) is 3.42. The standard InChI is InChI=1S/C7H9IN2O2/c1-4(2)10-3-5(8)6(11)9-7(10)12/h3-4H,1-2H3,(H,9,11,12). The van der Waals surface area contributed by atoms with Gasteiger partial charge in [0.2, 0.25) is 0 Å². The van der Waals surface area contributed by atoms with Crippen molar-refractivity contribution in [3.63, 3.8) is 0 Å². The highest BCUT2D eigenvalue weighted by Gasteiger charge is 2.03. The Hall–Kier alpha value is -0.590. The molecule has 0 bridgehead atoms. The summed E-state index contributed by atoms with van der Waals surface area (Å²) in [5.74, 6) is 0. The maximum absolute atomic E-state index is 11.1. The average Bonchev–Trinajstić information content (AvgIpc) is 1.96. The molecule has 0 aliphatic rings. The topological polar surface area (TPSA) is 54.9 Å². The Morgan fingerprint density at radius 2 is 2.08 bits per heavy atom. The van der Waals surface area contributed by atoms with E-state index in [-0.39, 0.29) is 17.3 Å². The van der Waals surface area contributed by atoms with Crippen LogP contribution < -0.4 is 11.2 Å². The summed E-state index contributed by atoms with van der Waals surface area (Å²) in [7, 11) is 0. The second-order valence-corrected chi connectivity index (χ2v) is 3.90. The maximum Gasteiger partial charge on any atom is 0.328 e. The van der Waals surface area contributed by atoms with Gasteiger partial charge < -0.3 is 0 Å². The third kappa shape index (κ3) is 1.77. The summed E-state index contributed by atoms with van der Waals surface area (Å²) < 4.78 is 2.02. The van der Waals surface area contributed by atoms with E-state index in [9.17, 15) is 9.59 Å². The number of nitrogens with one attached hydrogen (secondary N) is 1. The van der Waals surface area contributed by atoms with Gasteiger partial charge in [-0.05, 0) is 36.4 Å². The van der Waals surface area contributed by atoms with E-state index < -0.39 is 0 Å². The Morgan fingerprint density at radius 1 is 1.50 bits per heavy atom. The molecule has 1 aromatic heterocycles. The van der Waals surface area contributed by atoms with Gasteiger partial charge >= 0.3 is 5.69 Å². The number of hydrogen-bond acceptors (Lipinski definition) is 2. The van der Waals surface area contributed by atoms with E-state index in [1.807, 2.05) is 36.4 Å². The van der Waals surface area contributed by atoms with E-state index in [4.69, 9.17) is 0 Å². The lowest BCUT2D eigenvalue weighted by Gasteiger charge is -2.07. The van der Waals surface area contributed by atoms with Crippen LogP contribution in [0.3, 0.4) is 0 Å². The first-order valence-electron chi connectivity index (χ1n) is 3.53. The van der Waals surface area contributed by atoms with Crippen molar-refractivity contribution in [1.82, 2.24) is 9.55 Å². The van der Waals surface area contributed by atoms with Crippen LogP contribution in [0.4, 0.5) is 0 Å². The fourth-order valence-electron chi connectivity index (χ4n) is 0.844. The lowest BCUT2D eigenvalue weighted by Crippen LogP contribution is -2.31. The second-order valence-electron chi connectivity index (χ2n) is 2.74. The summed E-state index contributed by atoms with van der Waals surface area (Å²) in [6.45, 7) is 3.77. The number of aromatic amines is 1. The van der Waals surface area contributed by atoms with Gasteiger partial charge in [-0.1, -0.05) is 0 Å². The smallest absolute Gasteiger partial charge is 0.297 e. The zero-order chi connectivity index (χ0) is 9.30. The monoisotopic (exact) mass is 280 g/mol. The van der Waals surface area contributed by atoms with Crippen molar-refractivity contribution in [2.24, 2.45) is 0 Å². The third-order valence-corrected chi connectivity index (χ3v) is 2.25. The van der Waals surface area contributed by atoms with Crippen molar-refractivity contribution in [3.05, 3.63) is 30.6 Å². The molecule has 0 atom stereocenters. The minimum Gasteiger partial charge on any atom is -0.297 e. The summed E-state index contributed by atoms with van der Waals surface area (Å²) in [5.41, 5.74) is -0.673. The summed E-state index contributed by atoms with van der Waals surface area (Å²) in [6.07, 6.45) is 1.56. The molecule has 1 rings (SSSR count). The number of hydrogen-bond donors (Lipinski definition) is 1. The summed E-state index contributed by atoms with van der Waals surface area (Å²) >= 11 is 1.90. The largest absolute Gasteiger partial charge is 0.328 e. The fourth-order valence-corrected chi connectivity index (χ4v) is 1.28. The van der Waals surface area contributed by atoms with E-state index in [1.165, 1.54) is 4.57 Å². The molecule has 0 fully saturated rings. The Morgan fingerprint density at radius 3 is 2.58 bits per heavy atom. The fraction of sp³-hybridized carbons (Fsp3) is 0.429. The Labute approximate surface area is 82.8 Å². The van der Waals surface area contributed by atoms with Crippen LogP contribution in [0.1, 0.15) is 19.9 Å². The highest BCUT2D eigenvalue weighted by Crippen LogP contribution is 2.00. The minimum absolute atomic E-state index is 0.0721. The van der Waals surface area contributed by atoms with Crippen LogP contribution in [0.5, 0.6) is 0 Å². The van der Waals surface area contributed by atoms with Crippen LogP contribution in [-0.4, -0.2) is 9.55 Å². The van der Waals surface area contributed by atoms with Gasteiger partial charge in [-0.25, -0.2) is 4.79 Å². The number of nitrogens with zero attached hydrogens (tertiary/aromatic N) is 1. The molecule has 0 aromatic carbocycles. The van der Waals surface area contributed by atoms with E-state index in [0.29, 0.717) is 3.57 Å². The van der Waals surface area contributed by atoms with Gasteiger partial charge in [-0.15, -0.1) is 0 Å². The molecule has 1 N–H and O–H groups in total. The van der Waals surface area contributed by atoms with Gasteiger partial charge in [0.05, 0.1) is 3.57 Å². The highest BCUT2D eigenvalue weighted by molar-refractivity contribution is 14.1. The quantitative estimate of drug-likeness (QED) is 0.771. The first kappa shape index (κ1) is 9.50. The number of rotatable bonds is 1. The predicted molar refractivity (Wildman–Crippen MR) is 54.4 cm³/mol. The molecule has 0 spiro atoms. The van der Waals surface area contributed by atoms with Crippen LogP contribution in [0.15, 0.2) is 15.8 Å². The number of halogens is 1. The van der Waals surface area contributed by atoms with Gasteiger partial charge in [0.15, 0.2) is 0 Å². The Kier molecular flexibility index (Phi) is 2.71. The lowest BCUT2D eigenvalue weighted by atomic mass is 10.4. The van der Waals surface area contributed by atoms with Crippen molar-refractivity contribution >= 4 is 22.6 Å². The number of H-pyrrole nitrogens is 1. The summed E-state index contributed by atoms with van der Waals surface area (Å²) in [5, 5.41) is 0. The molecular weight excluding hydrogens is 271 g/mol. The molecule has 4 nitrogen and oxygen atoms in total. The van der Waals surface area contributed by atoms with Crippen LogP contribution in [-0.2, 0) is 0 Å². The van der Waals surface area contributed by atoms with Crippen molar-refractivity contribution in [2.75, 3.05) is 0 Å². The van der Waals surface area contributed by atoms with Crippen LogP contribution in [0.25, 0.3) is 0 Å². The molecule has 0 saturated carbocycles. The lowest BCUT2D eigenvalue weighted by molar-refractivity contribution is 0.558. The van der Waals surface area contributed by atoms with Crippen LogP contribution in [0.2, 0.25) is 0 Å². The third-order valence-electron chi connectivity index (χ3n) is 1.48.